The summed E-state index contributed by atoms with van der Waals surface area (Å²) >= 11 is 0. The van der Waals surface area contributed by atoms with E-state index in [9.17, 15) is 9.59 Å². The first-order valence-electron chi connectivity index (χ1n) is 10.5. The van der Waals surface area contributed by atoms with E-state index < -0.39 is 17.4 Å². The number of aromatic nitrogens is 2. The van der Waals surface area contributed by atoms with Crippen molar-refractivity contribution in [2.75, 3.05) is 25.0 Å². The molecule has 4 atom stereocenters. The number of rotatable bonds is 5. The third-order valence-corrected chi connectivity index (χ3v) is 6.88. The minimum absolute atomic E-state index is 0.00509. The molecule has 1 aromatic carbocycles. The molecule has 2 aromatic rings. The average molecular weight is 409 g/mol. The number of nitrogens with zero attached hydrogens (tertiary/aromatic N) is 3. The van der Waals surface area contributed by atoms with Crippen molar-refractivity contribution in [3.63, 3.8) is 0 Å². The molecule has 0 radical (unpaired) electrons. The molecule has 4 heterocycles. The lowest BCUT2D eigenvalue weighted by molar-refractivity contribution is -0.136. The summed E-state index contributed by atoms with van der Waals surface area (Å²) in [5.74, 6) is -0.428. The molecule has 0 saturated carbocycles. The number of anilines is 1. The van der Waals surface area contributed by atoms with Gasteiger partial charge in [-0.05, 0) is 19.8 Å². The number of nitrogens with two attached hydrogens (primary N) is 1. The highest BCUT2D eigenvalue weighted by atomic mass is 16.5. The molecule has 0 unspecified atom stereocenters. The number of hydrogen-bond acceptors (Lipinski definition) is 5. The monoisotopic (exact) mass is 409 g/mol. The number of nitrogens with one attached hydrogen (secondary N) is 1. The van der Waals surface area contributed by atoms with Gasteiger partial charge in [0.1, 0.15) is 5.82 Å². The smallest absolute Gasteiger partial charge is 0.232 e. The van der Waals surface area contributed by atoms with Crippen LogP contribution in [0.25, 0.3) is 11.3 Å². The molecule has 2 bridgehead atoms. The van der Waals surface area contributed by atoms with Crippen molar-refractivity contribution in [3.05, 3.63) is 35.9 Å². The Bertz CT molecular complexity index is 1000. The Balaban J connectivity index is 1.42. The molecule has 5 rings (SSSR count). The standard InChI is InChI=1S/C22H27N5O3/c1-13-18(14-6-4-3-5-7-14)25-26(2)19(13)24-20(28)16-15-8-9-22(30-15)12-27(11-10-23)21(29)17(16)22/h3-7,15-17H,8-12,23H2,1-2H3,(H,24,28)/t15-,16-,17+,22-/m0/s1. The van der Waals surface area contributed by atoms with Crippen molar-refractivity contribution in [2.24, 2.45) is 24.6 Å². The van der Waals surface area contributed by atoms with Crippen molar-refractivity contribution >= 4 is 17.6 Å². The van der Waals surface area contributed by atoms with Gasteiger partial charge in [0, 0.05) is 31.3 Å². The van der Waals surface area contributed by atoms with Gasteiger partial charge < -0.3 is 20.7 Å². The molecule has 1 aromatic heterocycles. The van der Waals surface area contributed by atoms with Crippen LogP contribution in [-0.4, -0.2) is 57.8 Å². The van der Waals surface area contributed by atoms with Gasteiger partial charge in [0.05, 0.1) is 35.8 Å². The number of amides is 2. The van der Waals surface area contributed by atoms with E-state index in [2.05, 4.69) is 10.4 Å². The molecule has 3 saturated heterocycles. The zero-order chi connectivity index (χ0) is 21.0. The van der Waals surface area contributed by atoms with Gasteiger partial charge in [-0.3, -0.25) is 14.3 Å². The Hall–Kier alpha value is -2.71. The number of hydrogen-bond donors (Lipinski definition) is 2. The fourth-order valence-electron chi connectivity index (χ4n) is 5.56. The SMILES string of the molecule is Cc1c(-c2ccccc2)nn(C)c1NC(=O)[C@H]1[C@@H]2CC[C@@]3(CN(CCN)C(=O)[C@@H]13)O2. The molecule has 30 heavy (non-hydrogen) atoms. The number of fused-ring (bicyclic) bond motifs is 1. The lowest BCUT2D eigenvalue weighted by atomic mass is 9.73. The van der Waals surface area contributed by atoms with E-state index in [1.165, 1.54) is 0 Å². The topological polar surface area (TPSA) is 102 Å². The third-order valence-electron chi connectivity index (χ3n) is 6.88. The minimum Gasteiger partial charge on any atom is -0.368 e. The molecule has 3 aliphatic rings. The second kappa shape index (κ2) is 6.92. The van der Waals surface area contributed by atoms with E-state index in [4.69, 9.17) is 10.5 Å². The molecule has 0 aliphatic carbocycles. The number of ether oxygens (including phenoxy) is 1. The fourth-order valence-corrected chi connectivity index (χ4v) is 5.56. The van der Waals surface area contributed by atoms with Crippen molar-refractivity contribution in [1.82, 2.24) is 14.7 Å². The molecule has 3 N–H and O–H groups in total. The second-order valence-electron chi connectivity index (χ2n) is 8.61. The number of benzene rings is 1. The van der Waals surface area contributed by atoms with Crippen LogP contribution in [0.15, 0.2) is 30.3 Å². The first-order valence-corrected chi connectivity index (χ1v) is 10.5. The molecule has 8 heteroatoms. The summed E-state index contributed by atoms with van der Waals surface area (Å²) in [6.45, 7) is 3.40. The third kappa shape index (κ3) is 2.70. The van der Waals surface area contributed by atoms with Crippen molar-refractivity contribution < 1.29 is 14.3 Å². The van der Waals surface area contributed by atoms with Crippen molar-refractivity contribution in [1.29, 1.82) is 0 Å². The molecule has 8 nitrogen and oxygen atoms in total. The molecule has 3 fully saturated rings. The lowest BCUT2D eigenvalue weighted by Gasteiger charge is -2.27. The van der Waals surface area contributed by atoms with Gasteiger partial charge in [-0.1, -0.05) is 30.3 Å². The highest BCUT2D eigenvalue weighted by molar-refractivity contribution is 5.99. The Morgan fingerprint density at radius 2 is 2.13 bits per heavy atom. The van der Waals surface area contributed by atoms with Gasteiger partial charge >= 0.3 is 0 Å². The zero-order valence-corrected chi connectivity index (χ0v) is 17.3. The Morgan fingerprint density at radius 3 is 2.87 bits per heavy atom. The number of carbonyl (C=O) groups is 2. The predicted octanol–water partition coefficient (Wildman–Crippen LogP) is 1.30. The van der Waals surface area contributed by atoms with Gasteiger partial charge in [0.2, 0.25) is 11.8 Å². The maximum absolute atomic E-state index is 13.4. The molecular weight excluding hydrogens is 382 g/mol. The highest BCUT2D eigenvalue weighted by Gasteiger charge is 2.68. The molecule has 1 spiro atoms. The summed E-state index contributed by atoms with van der Waals surface area (Å²) in [5.41, 5.74) is 7.87. The summed E-state index contributed by atoms with van der Waals surface area (Å²) in [5, 5.41) is 7.66. The Labute approximate surface area is 175 Å². The molecule has 2 amide bonds. The number of aryl methyl sites for hydroxylation is 1. The van der Waals surface area contributed by atoms with Crippen LogP contribution in [0.5, 0.6) is 0 Å². The van der Waals surface area contributed by atoms with Crippen LogP contribution in [0, 0.1) is 18.8 Å². The van der Waals surface area contributed by atoms with E-state index in [0.717, 1.165) is 29.7 Å². The van der Waals surface area contributed by atoms with Gasteiger partial charge in [-0.15, -0.1) is 0 Å². The highest BCUT2D eigenvalue weighted by Crippen LogP contribution is 2.55. The largest absolute Gasteiger partial charge is 0.368 e. The fraction of sp³-hybridized carbons (Fsp3) is 0.500. The Kier molecular flexibility index (Phi) is 4.44. The summed E-state index contributed by atoms with van der Waals surface area (Å²) in [6.07, 6.45) is 1.42. The molecule has 158 valence electrons. The number of likely N-dealkylation sites (tertiary alicyclic amines) is 1. The van der Waals surface area contributed by atoms with Crippen LogP contribution in [0.4, 0.5) is 5.82 Å². The minimum atomic E-state index is -0.532. The van der Waals surface area contributed by atoms with Gasteiger partial charge in [-0.25, -0.2) is 0 Å². The van der Waals surface area contributed by atoms with Gasteiger partial charge in [-0.2, -0.15) is 5.10 Å². The normalized spacial score (nSPS) is 29.5. The Morgan fingerprint density at radius 1 is 1.37 bits per heavy atom. The maximum Gasteiger partial charge on any atom is 0.232 e. The van der Waals surface area contributed by atoms with Crippen LogP contribution in [0.1, 0.15) is 18.4 Å². The molecule has 3 aliphatic heterocycles. The van der Waals surface area contributed by atoms with Gasteiger partial charge in [0.25, 0.3) is 0 Å². The average Bonchev–Trinajstić information content (AvgIpc) is 3.44. The summed E-state index contributed by atoms with van der Waals surface area (Å²) < 4.78 is 7.94. The maximum atomic E-state index is 13.4. The van der Waals surface area contributed by atoms with Crippen LogP contribution in [0.2, 0.25) is 0 Å². The van der Waals surface area contributed by atoms with Crippen LogP contribution in [0.3, 0.4) is 0 Å². The number of carbonyl (C=O) groups excluding carboxylic acids is 2. The second-order valence-corrected chi connectivity index (χ2v) is 8.61. The predicted molar refractivity (Wildman–Crippen MR) is 111 cm³/mol. The first kappa shape index (κ1) is 19.3. The van der Waals surface area contributed by atoms with E-state index in [-0.39, 0.29) is 17.9 Å². The first-order chi connectivity index (χ1) is 14.4. The molecular formula is C22H27N5O3. The van der Waals surface area contributed by atoms with Gasteiger partial charge in [0.15, 0.2) is 0 Å². The van der Waals surface area contributed by atoms with E-state index in [1.54, 1.807) is 9.58 Å². The summed E-state index contributed by atoms with van der Waals surface area (Å²) in [7, 11) is 1.82. The van der Waals surface area contributed by atoms with E-state index in [0.29, 0.717) is 25.5 Å². The quantitative estimate of drug-likeness (QED) is 0.775. The summed E-state index contributed by atoms with van der Waals surface area (Å²) in [4.78, 5) is 28.2. The van der Waals surface area contributed by atoms with E-state index in [1.807, 2.05) is 44.3 Å². The van der Waals surface area contributed by atoms with Crippen molar-refractivity contribution in [2.45, 2.75) is 31.5 Å². The zero-order valence-electron chi connectivity index (χ0n) is 17.3. The lowest BCUT2D eigenvalue weighted by Crippen LogP contribution is -2.43. The summed E-state index contributed by atoms with van der Waals surface area (Å²) in [6, 6.07) is 9.89. The van der Waals surface area contributed by atoms with Crippen LogP contribution in [-0.2, 0) is 21.4 Å². The van der Waals surface area contributed by atoms with Crippen LogP contribution < -0.4 is 11.1 Å². The van der Waals surface area contributed by atoms with E-state index >= 15 is 0 Å². The van der Waals surface area contributed by atoms with Crippen LogP contribution >= 0.6 is 0 Å². The van der Waals surface area contributed by atoms with Crippen molar-refractivity contribution in [3.8, 4) is 11.3 Å².